The molecule has 0 aromatic heterocycles. The minimum atomic E-state index is -0.270. The fraction of sp³-hybridized carbons (Fsp3) is 0.556. The SMILES string of the molecule is CCOC(=O)N1CCC(NC(=O)N[C@H](C)c2ccccc2C)CC1. The number of carbonyl (C=O) groups excluding carboxylic acids is 2. The summed E-state index contributed by atoms with van der Waals surface area (Å²) in [5, 5.41) is 5.98. The number of likely N-dealkylation sites (tertiary alicyclic amines) is 1. The van der Waals surface area contributed by atoms with Crippen LogP contribution in [0.25, 0.3) is 0 Å². The van der Waals surface area contributed by atoms with Gasteiger partial charge in [-0.2, -0.15) is 0 Å². The van der Waals surface area contributed by atoms with Crippen molar-refractivity contribution in [3.05, 3.63) is 35.4 Å². The molecule has 1 heterocycles. The smallest absolute Gasteiger partial charge is 0.409 e. The van der Waals surface area contributed by atoms with Crippen molar-refractivity contribution in [3.63, 3.8) is 0 Å². The number of benzene rings is 1. The van der Waals surface area contributed by atoms with E-state index in [0.717, 1.165) is 24.0 Å². The quantitative estimate of drug-likeness (QED) is 0.890. The van der Waals surface area contributed by atoms with E-state index < -0.39 is 0 Å². The zero-order chi connectivity index (χ0) is 17.5. The first kappa shape index (κ1) is 18.1. The van der Waals surface area contributed by atoms with Gasteiger partial charge < -0.3 is 20.3 Å². The standard InChI is InChI=1S/C18H27N3O3/c1-4-24-18(23)21-11-9-15(10-12-21)20-17(22)19-14(3)16-8-6-5-7-13(16)2/h5-8,14-15H,4,9-12H2,1-3H3,(H2,19,20,22)/t14-/m1/s1. The number of ether oxygens (including phenoxy) is 1. The van der Waals surface area contributed by atoms with E-state index in [9.17, 15) is 9.59 Å². The fourth-order valence-electron chi connectivity index (χ4n) is 3.00. The molecule has 132 valence electrons. The molecule has 2 rings (SSSR count). The van der Waals surface area contributed by atoms with Crippen LogP contribution in [0.1, 0.15) is 43.9 Å². The molecule has 0 spiro atoms. The maximum Gasteiger partial charge on any atom is 0.409 e. The van der Waals surface area contributed by atoms with Crippen molar-refractivity contribution in [2.24, 2.45) is 0 Å². The molecule has 1 atom stereocenters. The monoisotopic (exact) mass is 333 g/mol. The first-order valence-electron chi connectivity index (χ1n) is 8.55. The van der Waals surface area contributed by atoms with Gasteiger partial charge in [0.15, 0.2) is 0 Å². The molecule has 2 N–H and O–H groups in total. The summed E-state index contributed by atoms with van der Waals surface area (Å²) in [7, 11) is 0. The van der Waals surface area contributed by atoms with Crippen molar-refractivity contribution in [2.75, 3.05) is 19.7 Å². The van der Waals surface area contributed by atoms with E-state index in [1.54, 1.807) is 11.8 Å². The van der Waals surface area contributed by atoms with Gasteiger partial charge in [-0.3, -0.25) is 0 Å². The Kier molecular flexibility index (Phi) is 6.46. The molecule has 6 heteroatoms. The Labute approximate surface area is 143 Å². The average Bonchev–Trinajstić information content (AvgIpc) is 2.56. The highest BCUT2D eigenvalue weighted by Crippen LogP contribution is 2.17. The molecule has 24 heavy (non-hydrogen) atoms. The van der Waals surface area contributed by atoms with E-state index in [2.05, 4.69) is 10.6 Å². The molecule has 0 radical (unpaired) electrons. The fourth-order valence-corrected chi connectivity index (χ4v) is 3.00. The summed E-state index contributed by atoms with van der Waals surface area (Å²) in [6.07, 6.45) is 1.21. The summed E-state index contributed by atoms with van der Waals surface area (Å²) in [6, 6.07) is 7.90. The second-order valence-corrected chi connectivity index (χ2v) is 6.16. The lowest BCUT2D eigenvalue weighted by molar-refractivity contribution is 0.0957. The number of hydrogen-bond acceptors (Lipinski definition) is 3. The Bertz CT molecular complexity index is 568. The van der Waals surface area contributed by atoms with E-state index in [1.165, 1.54) is 0 Å². The van der Waals surface area contributed by atoms with Gasteiger partial charge in [-0.15, -0.1) is 0 Å². The van der Waals surface area contributed by atoms with Gasteiger partial charge in [0, 0.05) is 19.1 Å². The predicted octanol–water partition coefficient (Wildman–Crippen LogP) is 2.98. The molecular formula is C18H27N3O3. The van der Waals surface area contributed by atoms with Crippen LogP contribution in [0.4, 0.5) is 9.59 Å². The second-order valence-electron chi connectivity index (χ2n) is 6.16. The number of nitrogens with zero attached hydrogens (tertiary/aromatic N) is 1. The van der Waals surface area contributed by atoms with Crippen LogP contribution in [0.5, 0.6) is 0 Å². The zero-order valence-corrected chi connectivity index (χ0v) is 14.7. The molecule has 6 nitrogen and oxygen atoms in total. The molecule has 0 unspecified atom stereocenters. The van der Waals surface area contributed by atoms with Crippen molar-refractivity contribution in [1.82, 2.24) is 15.5 Å². The number of urea groups is 1. The number of nitrogens with one attached hydrogen (secondary N) is 2. The molecule has 3 amide bonds. The minimum Gasteiger partial charge on any atom is -0.450 e. The number of amides is 3. The van der Waals surface area contributed by atoms with Crippen LogP contribution >= 0.6 is 0 Å². The summed E-state index contributed by atoms with van der Waals surface area (Å²) in [6.45, 7) is 7.42. The minimum absolute atomic E-state index is 0.0502. The first-order valence-corrected chi connectivity index (χ1v) is 8.55. The molecule has 0 aliphatic carbocycles. The van der Waals surface area contributed by atoms with Crippen LogP contribution in [0.3, 0.4) is 0 Å². The molecule has 1 aliphatic heterocycles. The Morgan fingerprint density at radius 2 is 1.96 bits per heavy atom. The third kappa shape index (κ3) is 4.88. The molecule has 1 saturated heterocycles. The highest BCUT2D eigenvalue weighted by atomic mass is 16.6. The summed E-state index contributed by atoms with van der Waals surface area (Å²) in [5.74, 6) is 0. The van der Waals surface area contributed by atoms with Crippen LogP contribution in [0, 0.1) is 6.92 Å². The van der Waals surface area contributed by atoms with Crippen molar-refractivity contribution in [3.8, 4) is 0 Å². The van der Waals surface area contributed by atoms with Gasteiger partial charge in [-0.25, -0.2) is 9.59 Å². The van der Waals surface area contributed by atoms with Gasteiger partial charge in [0.2, 0.25) is 0 Å². The van der Waals surface area contributed by atoms with Crippen molar-refractivity contribution >= 4 is 12.1 Å². The van der Waals surface area contributed by atoms with Crippen LogP contribution in [0.15, 0.2) is 24.3 Å². The summed E-state index contributed by atoms with van der Waals surface area (Å²) in [4.78, 5) is 25.6. The molecule has 1 aromatic carbocycles. The lowest BCUT2D eigenvalue weighted by Gasteiger charge is -2.32. The number of hydrogen-bond donors (Lipinski definition) is 2. The highest BCUT2D eigenvalue weighted by Gasteiger charge is 2.24. The molecule has 0 bridgehead atoms. The lowest BCUT2D eigenvalue weighted by Crippen LogP contribution is -2.49. The Hall–Kier alpha value is -2.24. The maximum absolute atomic E-state index is 12.2. The number of aryl methyl sites for hydroxylation is 1. The van der Waals surface area contributed by atoms with E-state index in [4.69, 9.17) is 4.74 Å². The summed E-state index contributed by atoms with van der Waals surface area (Å²) >= 11 is 0. The predicted molar refractivity (Wildman–Crippen MR) is 92.9 cm³/mol. The molecule has 1 aliphatic rings. The molecular weight excluding hydrogens is 306 g/mol. The van der Waals surface area contributed by atoms with Crippen molar-refractivity contribution < 1.29 is 14.3 Å². The van der Waals surface area contributed by atoms with Crippen molar-refractivity contribution in [1.29, 1.82) is 0 Å². The molecule has 0 saturated carbocycles. The third-order valence-corrected chi connectivity index (χ3v) is 4.36. The lowest BCUT2D eigenvalue weighted by atomic mass is 10.0. The average molecular weight is 333 g/mol. The summed E-state index contributed by atoms with van der Waals surface area (Å²) in [5.41, 5.74) is 2.28. The summed E-state index contributed by atoms with van der Waals surface area (Å²) < 4.78 is 5.00. The Morgan fingerprint density at radius 3 is 2.58 bits per heavy atom. The van der Waals surface area contributed by atoms with Gasteiger partial charge in [0.1, 0.15) is 0 Å². The van der Waals surface area contributed by atoms with Crippen molar-refractivity contribution in [2.45, 2.75) is 45.7 Å². The normalized spacial score (nSPS) is 16.4. The van der Waals surface area contributed by atoms with Crippen LogP contribution in [0.2, 0.25) is 0 Å². The Balaban J connectivity index is 1.77. The van der Waals surface area contributed by atoms with Gasteiger partial charge in [0.05, 0.1) is 12.6 Å². The van der Waals surface area contributed by atoms with Gasteiger partial charge in [0.25, 0.3) is 0 Å². The van der Waals surface area contributed by atoms with Crippen LogP contribution in [-0.4, -0.2) is 42.8 Å². The zero-order valence-electron chi connectivity index (χ0n) is 14.7. The number of piperidine rings is 1. The third-order valence-electron chi connectivity index (χ3n) is 4.36. The molecule has 1 aromatic rings. The number of rotatable bonds is 4. The first-order chi connectivity index (χ1) is 11.5. The van der Waals surface area contributed by atoms with Gasteiger partial charge in [-0.05, 0) is 44.7 Å². The van der Waals surface area contributed by atoms with Crippen LogP contribution in [-0.2, 0) is 4.74 Å². The van der Waals surface area contributed by atoms with Crippen LogP contribution < -0.4 is 10.6 Å². The van der Waals surface area contributed by atoms with E-state index in [1.807, 2.05) is 38.1 Å². The second kappa shape index (κ2) is 8.57. The topological polar surface area (TPSA) is 70.7 Å². The van der Waals surface area contributed by atoms with Gasteiger partial charge in [-0.1, -0.05) is 24.3 Å². The number of carbonyl (C=O) groups is 2. The van der Waals surface area contributed by atoms with E-state index in [0.29, 0.717) is 19.7 Å². The van der Waals surface area contributed by atoms with E-state index >= 15 is 0 Å². The Morgan fingerprint density at radius 1 is 1.29 bits per heavy atom. The molecule has 1 fully saturated rings. The van der Waals surface area contributed by atoms with E-state index in [-0.39, 0.29) is 24.2 Å². The maximum atomic E-state index is 12.2. The highest BCUT2D eigenvalue weighted by molar-refractivity contribution is 5.75. The largest absolute Gasteiger partial charge is 0.450 e. The van der Waals surface area contributed by atoms with Gasteiger partial charge >= 0.3 is 12.1 Å².